The molecule has 0 bridgehead atoms. The summed E-state index contributed by atoms with van der Waals surface area (Å²) in [4.78, 5) is 0. The molecule has 0 spiro atoms. The van der Waals surface area contributed by atoms with Crippen LogP contribution < -0.4 is 0 Å². The lowest BCUT2D eigenvalue weighted by molar-refractivity contribution is 0.660. The van der Waals surface area contributed by atoms with Crippen LogP contribution in [-0.4, -0.2) is 5.75 Å². The lowest BCUT2D eigenvalue weighted by Crippen LogP contribution is -1.78. The first kappa shape index (κ1) is 12.4. The number of unbranched alkanes of at least 4 members (excludes halogenated alkanes) is 4. The summed E-state index contributed by atoms with van der Waals surface area (Å²) in [6.07, 6.45) is 6.92. The van der Waals surface area contributed by atoms with Crippen LogP contribution in [0, 0.1) is 0 Å². The van der Waals surface area contributed by atoms with Gasteiger partial charge in [0.1, 0.15) is 0 Å². The van der Waals surface area contributed by atoms with Gasteiger partial charge in [-0.15, -0.1) is 0 Å². The molecule has 0 aliphatic heterocycles. The van der Waals surface area contributed by atoms with Crippen LogP contribution in [0.2, 0.25) is 0 Å². The van der Waals surface area contributed by atoms with Gasteiger partial charge in [0.15, 0.2) is 0 Å². The lowest BCUT2D eigenvalue weighted by Gasteiger charge is -1.97. The minimum absolute atomic E-state index is 1.28. The molecule has 4 heteroatoms. The summed E-state index contributed by atoms with van der Waals surface area (Å²) in [5.41, 5.74) is 0. The first-order valence-electron chi connectivity index (χ1n) is 4.01. The number of rotatable bonds is 8. The zero-order valence-electron chi connectivity index (χ0n) is 6.91. The van der Waals surface area contributed by atoms with E-state index in [9.17, 15) is 0 Å². The van der Waals surface area contributed by atoms with Crippen molar-refractivity contribution in [2.45, 2.75) is 39.0 Å². The van der Waals surface area contributed by atoms with Crippen molar-refractivity contribution in [1.82, 2.24) is 0 Å². The Bertz CT molecular complexity index is 59.5. The zero-order valence-corrected chi connectivity index (χ0v) is 10.3. The number of thiol groups is 1. The fourth-order valence-electron chi connectivity index (χ4n) is 0.820. The van der Waals surface area contributed by atoms with E-state index in [1.165, 1.54) is 37.9 Å². The normalized spacial score (nSPS) is 10.4. The van der Waals surface area contributed by atoms with Gasteiger partial charge in [0.05, 0.1) is 0 Å². The maximum atomic E-state index is 4.04. The van der Waals surface area contributed by atoms with Crippen molar-refractivity contribution in [2.75, 3.05) is 5.75 Å². The highest BCUT2D eigenvalue weighted by atomic mass is 33.7. The predicted molar refractivity (Wildman–Crippen MR) is 65.4 cm³/mol. The van der Waals surface area contributed by atoms with Gasteiger partial charge in [0, 0.05) is 5.75 Å². The van der Waals surface area contributed by atoms with Crippen LogP contribution in [-0.2, 0) is 0 Å². The molecule has 0 aromatic rings. The van der Waals surface area contributed by atoms with E-state index in [1.54, 1.807) is 19.7 Å². The predicted octanol–water partition coefficient (Wildman–Crippen LogP) is 4.83. The molecule has 11 heavy (non-hydrogen) atoms. The minimum Gasteiger partial charge on any atom is -0.0989 e. The largest absolute Gasteiger partial charge is 0.0989 e. The second kappa shape index (κ2) is 11.4. The third kappa shape index (κ3) is 11.4. The van der Waals surface area contributed by atoms with Crippen molar-refractivity contribution >= 4 is 42.1 Å². The van der Waals surface area contributed by atoms with Gasteiger partial charge in [-0.25, -0.2) is 0 Å². The van der Waals surface area contributed by atoms with Crippen molar-refractivity contribution in [1.29, 1.82) is 0 Å². The lowest BCUT2D eigenvalue weighted by atomic mass is 10.2. The monoisotopic (exact) mass is 228 g/mol. The molecular weight excluding hydrogens is 212 g/mol. The van der Waals surface area contributed by atoms with E-state index < -0.39 is 0 Å². The standard InChI is InChI=1S/C7H16S4/c1-2-3-4-5-6-7-9-11-10-8/h8H,2-7H2,1H3. The maximum Gasteiger partial charge on any atom is 0.00454 e. The molecule has 0 saturated carbocycles. The molecular formula is C7H16S4. The van der Waals surface area contributed by atoms with Crippen LogP contribution >= 0.6 is 42.1 Å². The van der Waals surface area contributed by atoms with E-state index in [0.717, 1.165) is 0 Å². The first-order chi connectivity index (χ1) is 5.41. The van der Waals surface area contributed by atoms with Crippen LogP contribution in [0.3, 0.4) is 0 Å². The van der Waals surface area contributed by atoms with Gasteiger partial charge in [0.2, 0.25) is 0 Å². The van der Waals surface area contributed by atoms with Crippen molar-refractivity contribution in [3.05, 3.63) is 0 Å². The fraction of sp³-hybridized carbons (Fsp3) is 1.00. The molecule has 0 saturated heterocycles. The Morgan fingerprint density at radius 1 is 1.09 bits per heavy atom. The SMILES string of the molecule is CCCCCCCSSSS. The highest BCUT2D eigenvalue weighted by Crippen LogP contribution is 2.37. The van der Waals surface area contributed by atoms with Gasteiger partial charge in [-0.2, -0.15) is 0 Å². The molecule has 0 aromatic carbocycles. The van der Waals surface area contributed by atoms with Gasteiger partial charge in [-0.3, -0.25) is 0 Å². The average Bonchev–Trinajstić information content (AvgIpc) is 2.03. The van der Waals surface area contributed by atoms with Gasteiger partial charge in [0.25, 0.3) is 0 Å². The molecule has 0 radical (unpaired) electrons. The van der Waals surface area contributed by atoms with E-state index in [2.05, 4.69) is 18.6 Å². The molecule has 0 nitrogen and oxygen atoms in total. The van der Waals surface area contributed by atoms with Crippen LogP contribution in [0.1, 0.15) is 39.0 Å². The summed E-state index contributed by atoms with van der Waals surface area (Å²) >= 11 is 4.04. The van der Waals surface area contributed by atoms with E-state index in [0.29, 0.717) is 0 Å². The van der Waals surface area contributed by atoms with Crippen LogP contribution in [0.15, 0.2) is 0 Å². The van der Waals surface area contributed by atoms with Gasteiger partial charge < -0.3 is 0 Å². The summed E-state index contributed by atoms with van der Waals surface area (Å²) < 4.78 is 0. The summed E-state index contributed by atoms with van der Waals surface area (Å²) in [6.45, 7) is 2.25. The molecule has 0 amide bonds. The molecule has 0 heterocycles. The molecule has 0 aliphatic rings. The quantitative estimate of drug-likeness (QED) is 0.359. The second-order valence-electron chi connectivity index (χ2n) is 2.38. The molecule has 0 atom stereocenters. The number of hydrogen-bond donors (Lipinski definition) is 1. The molecule has 0 N–H and O–H groups in total. The van der Waals surface area contributed by atoms with Crippen LogP contribution in [0.25, 0.3) is 0 Å². The summed E-state index contributed by atoms with van der Waals surface area (Å²) in [6, 6.07) is 0. The Labute approximate surface area is 86.7 Å². The minimum atomic E-state index is 1.28. The van der Waals surface area contributed by atoms with E-state index in [1.807, 2.05) is 10.8 Å². The smallest absolute Gasteiger partial charge is 0.00454 e. The highest BCUT2D eigenvalue weighted by Gasteiger charge is 1.90. The molecule has 0 unspecified atom stereocenters. The summed E-state index contributed by atoms with van der Waals surface area (Å²) in [7, 11) is 5.23. The van der Waals surface area contributed by atoms with E-state index in [-0.39, 0.29) is 0 Å². The Morgan fingerprint density at radius 2 is 1.82 bits per heavy atom. The van der Waals surface area contributed by atoms with Crippen molar-refractivity contribution in [3.63, 3.8) is 0 Å². The second-order valence-corrected chi connectivity index (χ2v) is 7.44. The Kier molecular flexibility index (Phi) is 12.9. The maximum absolute atomic E-state index is 4.04. The average molecular weight is 228 g/mol. The summed E-state index contributed by atoms with van der Waals surface area (Å²) in [5, 5.41) is 0. The topological polar surface area (TPSA) is 0 Å². The Hall–Kier alpha value is 1.40. The van der Waals surface area contributed by atoms with Gasteiger partial charge in [-0.05, 0) is 26.1 Å². The third-order valence-electron chi connectivity index (χ3n) is 1.41. The Balaban J connectivity index is 2.69. The van der Waals surface area contributed by atoms with Crippen molar-refractivity contribution < 1.29 is 0 Å². The van der Waals surface area contributed by atoms with Crippen LogP contribution in [0.4, 0.5) is 0 Å². The van der Waals surface area contributed by atoms with Crippen LogP contribution in [0.5, 0.6) is 0 Å². The van der Waals surface area contributed by atoms with E-state index in [4.69, 9.17) is 0 Å². The third-order valence-corrected chi connectivity index (χ3v) is 6.05. The van der Waals surface area contributed by atoms with Gasteiger partial charge in [-0.1, -0.05) is 55.1 Å². The highest BCUT2D eigenvalue weighted by molar-refractivity contribution is 9.23. The summed E-state index contributed by atoms with van der Waals surface area (Å²) in [5.74, 6) is 1.28. The van der Waals surface area contributed by atoms with E-state index >= 15 is 0 Å². The first-order valence-corrected chi connectivity index (χ1v) is 8.72. The molecule has 68 valence electrons. The van der Waals surface area contributed by atoms with Gasteiger partial charge >= 0.3 is 0 Å². The molecule has 0 fully saturated rings. The molecule has 0 rings (SSSR count). The van der Waals surface area contributed by atoms with Crippen molar-refractivity contribution in [3.8, 4) is 0 Å². The van der Waals surface area contributed by atoms with Crippen molar-refractivity contribution in [2.24, 2.45) is 0 Å². The fourth-order valence-corrected chi connectivity index (χ4v) is 4.10. The Morgan fingerprint density at radius 3 is 2.45 bits per heavy atom. The molecule has 0 aromatic heterocycles. The molecule has 0 aliphatic carbocycles. The number of hydrogen-bond acceptors (Lipinski definition) is 4. The zero-order chi connectivity index (χ0) is 8.36.